The second-order valence-corrected chi connectivity index (χ2v) is 13.3. The van der Waals surface area contributed by atoms with Gasteiger partial charge in [0.05, 0.1) is 16.7 Å². The summed E-state index contributed by atoms with van der Waals surface area (Å²) in [6.45, 7) is 0. The highest BCUT2D eigenvalue weighted by Gasteiger charge is 2.20. The van der Waals surface area contributed by atoms with Crippen LogP contribution in [0, 0.1) is 0 Å². The number of nitrogens with zero attached hydrogens (tertiary/aromatic N) is 1. The van der Waals surface area contributed by atoms with E-state index in [0.29, 0.717) is 28.1 Å². The molecule has 0 unspecified atom stereocenters. The largest absolute Gasteiger partial charge is 0.507 e. The van der Waals surface area contributed by atoms with Crippen LogP contribution in [0.25, 0.3) is 82.8 Å². The van der Waals surface area contributed by atoms with Crippen LogP contribution in [0.5, 0.6) is 17.2 Å². The Hall–Kier alpha value is -6.98. The first-order valence-corrected chi connectivity index (χ1v) is 17.6. The summed E-state index contributed by atoms with van der Waals surface area (Å²) < 4.78 is 14.9. The molecule has 8 aromatic carbocycles. The number of benzene rings is 8. The molecule has 0 amide bonds. The number of phenolic OH excluding ortho intramolecular Hbond substituents is 1. The number of hydrogen-bond acceptors (Lipinski definition) is 3. The highest BCUT2D eigenvalue weighted by Crippen LogP contribution is 2.41. The highest BCUT2D eigenvalue weighted by atomic mass is 16.5. The van der Waals surface area contributed by atoms with Crippen LogP contribution in [-0.2, 0) is 0 Å². The molecule has 2 aromatic heterocycles. The van der Waals surface area contributed by atoms with Gasteiger partial charge in [0.1, 0.15) is 36.3 Å². The first-order valence-electron chi connectivity index (χ1n) is 17.6. The Bertz CT molecular complexity index is 2960. The maximum atomic E-state index is 11.7. The van der Waals surface area contributed by atoms with Crippen LogP contribution in [0.3, 0.4) is 0 Å². The molecule has 2 heterocycles. The van der Waals surface area contributed by atoms with Gasteiger partial charge in [-0.3, -0.25) is 0 Å². The summed E-state index contributed by atoms with van der Waals surface area (Å²) in [6, 6.07) is 59.0. The van der Waals surface area contributed by atoms with Gasteiger partial charge in [-0.1, -0.05) is 109 Å². The summed E-state index contributed by atoms with van der Waals surface area (Å²) >= 11 is 0. The van der Waals surface area contributed by atoms with E-state index >= 15 is 0 Å². The van der Waals surface area contributed by atoms with Crippen LogP contribution in [0.15, 0.2) is 180 Å². The summed E-state index contributed by atoms with van der Waals surface area (Å²) in [4.78, 5) is 0. The van der Waals surface area contributed by atoms with Crippen molar-refractivity contribution >= 4 is 57.1 Å². The van der Waals surface area contributed by atoms with Crippen molar-refractivity contribution in [2.75, 3.05) is 0 Å². The first kappa shape index (κ1) is 30.8. The monoisotopic (exact) mass is 679 g/mol. The van der Waals surface area contributed by atoms with Crippen molar-refractivity contribution in [1.82, 2.24) is 4.57 Å². The smallest absolute Gasteiger partial charge is 0.135 e. The van der Waals surface area contributed by atoms with E-state index in [1.165, 1.54) is 10.8 Å². The zero-order chi connectivity index (χ0) is 35.5. The van der Waals surface area contributed by atoms with Crippen LogP contribution in [0.2, 0.25) is 0 Å². The van der Waals surface area contributed by atoms with Gasteiger partial charge in [-0.05, 0) is 94.4 Å². The molecule has 5 heteroatoms. The van der Waals surface area contributed by atoms with Gasteiger partial charge in [0.25, 0.3) is 0 Å². The molecule has 0 saturated heterocycles. The van der Waals surface area contributed by atoms with Gasteiger partial charge in [0.15, 0.2) is 0 Å². The van der Waals surface area contributed by atoms with Gasteiger partial charge in [-0.15, -0.1) is 0 Å². The number of phenols is 1. The average molecular weight is 680 g/mol. The second kappa shape index (κ2) is 12.4. The minimum absolute atomic E-state index is 0.116. The normalized spacial score (nSPS) is 11.5. The molecule has 0 atom stereocenters. The Kier molecular flexibility index (Phi) is 7.19. The Morgan fingerprint density at radius 3 is 1.87 bits per heavy atom. The van der Waals surface area contributed by atoms with Crippen molar-refractivity contribution in [2.45, 2.75) is 0 Å². The van der Waals surface area contributed by atoms with Crippen molar-refractivity contribution in [3.8, 4) is 56.3 Å². The predicted molar refractivity (Wildman–Crippen MR) is 218 cm³/mol. The molecule has 53 heavy (non-hydrogen) atoms. The third-order valence-electron chi connectivity index (χ3n) is 10.1. The van der Waals surface area contributed by atoms with Gasteiger partial charge in [0, 0.05) is 32.7 Å². The van der Waals surface area contributed by atoms with E-state index in [2.05, 4.69) is 89.5 Å². The summed E-state index contributed by atoms with van der Waals surface area (Å²) in [5, 5.41) is 16.2. The third-order valence-corrected chi connectivity index (χ3v) is 10.1. The average Bonchev–Trinajstić information content (AvgIpc) is 3.75. The van der Waals surface area contributed by atoms with Gasteiger partial charge in [-0.2, -0.15) is 0 Å². The second-order valence-electron chi connectivity index (χ2n) is 13.3. The van der Waals surface area contributed by atoms with Crippen molar-refractivity contribution in [1.29, 1.82) is 0 Å². The standard InChI is InChI=1S/C48H30BNO3/c49-48-40(37-24-22-31(28-44(37)51)30-23-25-46-39(26-30)38-17-7-11-21-45(38)53-46)27-32(29-47(48)52-33-12-2-1-3-13-33)34-14-4-8-18-41(34)50-42-19-9-5-15-35(42)36-16-6-10-20-43(36)50/h1-29,51H. The molecule has 0 aliphatic rings. The number of furan rings is 1. The number of aromatic nitrogens is 1. The zero-order valence-electron chi connectivity index (χ0n) is 28.5. The number of hydrogen-bond donors (Lipinski definition) is 1. The summed E-state index contributed by atoms with van der Waals surface area (Å²) in [7, 11) is 6.96. The van der Waals surface area contributed by atoms with E-state index in [0.717, 1.165) is 60.9 Å². The molecule has 4 nitrogen and oxygen atoms in total. The van der Waals surface area contributed by atoms with E-state index in [1.807, 2.05) is 84.9 Å². The van der Waals surface area contributed by atoms with Crippen LogP contribution in [0.4, 0.5) is 0 Å². The number of aromatic hydroxyl groups is 1. The molecule has 0 fully saturated rings. The van der Waals surface area contributed by atoms with Crippen molar-refractivity contribution < 1.29 is 14.3 Å². The minimum atomic E-state index is 0.116. The van der Waals surface area contributed by atoms with Crippen LogP contribution in [0.1, 0.15) is 0 Å². The topological polar surface area (TPSA) is 47.5 Å². The number of fused-ring (bicyclic) bond motifs is 6. The Labute approximate surface area is 307 Å². The van der Waals surface area contributed by atoms with Crippen LogP contribution >= 0.6 is 0 Å². The summed E-state index contributed by atoms with van der Waals surface area (Å²) in [5.74, 6) is 1.28. The Morgan fingerprint density at radius 2 is 1.09 bits per heavy atom. The molecule has 248 valence electrons. The molecular weight excluding hydrogens is 649 g/mol. The Morgan fingerprint density at radius 1 is 0.472 bits per heavy atom. The van der Waals surface area contributed by atoms with Crippen LogP contribution < -0.4 is 10.2 Å². The summed E-state index contributed by atoms with van der Waals surface area (Å²) in [6.07, 6.45) is 0. The Balaban J connectivity index is 1.14. The molecule has 0 spiro atoms. The van der Waals surface area contributed by atoms with Gasteiger partial charge >= 0.3 is 0 Å². The fourth-order valence-electron chi connectivity index (χ4n) is 7.64. The lowest BCUT2D eigenvalue weighted by atomic mass is 9.83. The zero-order valence-corrected chi connectivity index (χ0v) is 28.5. The van der Waals surface area contributed by atoms with Gasteiger partial charge < -0.3 is 18.8 Å². The summed E-state index contributed by atoms with van der Waals surface area (Å²) in [5.41, 5.74) is 10.4. The van der Waals surface area contributed by atoms with E-state index < -0.39 is 0 Å². The molecule has 2 radical (unpaired) electrons. The number of ether oxygens (including phenoxy) is 1. The van der Waals surface area contributed by atoms with Crippen molar-refractivity contribution in [2.24, 2.45) is 0 Å². The fraction of sp³-hybridized carbons (Fsp3) is 0. The van der Waals surface area contributed by atoms with E-state index in [9.17, 15) is 5.11 Å². The molecular formula is C48H30BNO3. The maximum absolute atomic E-state index is 11.7. The van der Waals surface area contributed by atoms with E-state index in [4.69, 9.17) is 17.0 Å². The molecule has 0 aliphatic carbocycles. The first-order chi connectivity index (χ1) is 26.1. The molecule has 0 bridgehead atoms. The lowest BCUT2D eigenvalue weighted by Crippen LogP contribution is -2.11. The molecule has 10 aromatic rings. The highest BCUT2D eigenvalue weighted by molar-refractivity contribution is 6.38. The lowest BCUT2D eigenvalue weighted by Gasteiger charge is -2.19. The molecule has 0 saturated carbocycles. The number of para-hydroxylation sites is 5. The van der Waals surface area contributed by atoms with Gasteiger partial charge in [-0.25, -0.2) is 0 Å². The predicted octanol–water partition coefficient (Wildman–Crippen LogP) is 12.0. The fourth-order valence-corrected chi connectivity index (χ4v) is 7.64. The molecule has 10 rings (SSSR count). The SMILES string of the molecule is [B]c1c(Oc2ccccc2)cc(-c2ccccc2-n2c3ccccc3c3ccccc32)cc1-c1ccc(-c2ccc3oc4ccccc4c3c2)cc1O. The number of rotatable bonds is 6. The van der Waals surface area contributed by atoms with Crippen molar-refractivity contribution in [3.05, 3.63) is 176 Å². The molecule has 0 aliphatic heterocycles. The van der Waals surface area contributed by atoms with Gasteiger partial charge in [0.2, 0.25) is 0 Å². The molecule has 1 N–H and O–H groups in total. The maximum Gasteiger partial charge on any atom is 0.135 e. The van der Waals surface area contributed by atoms with E-state index in [-0.39, 0.29) is 5.75 Å². The van der Waals surface area contributed by atoms with Crippen molar-refractivity contribution in [3.63, 3.8) is 0 Å². The minimum Gasteiger partial charge on any atom is -0.507 e. The van der Waals surface area contributed by atoms with E-state index in [1.54, 1.807) is 6.07 Å². The quantitative estimate of drug-likeness (QED) is 0.178. The van der Waals surface area contributed by atoms with Crippen LogP contribution in [-0.4, -0.2) is 17.5 Å². The lowest BCUT2D eigenvalue weighted by molar-refractivity contribution is 0.477. The third kappa shape index (κ3) is 5.17.